The molecule has 1 aliphatic heterocycles. The molecule has 2 aliphatic rings. The number of hydrogen-bond donors (Lipinski definition) is 2. The number of rotatable bonds is 2. The fourth-order valence-corrected chi connectivity index (χ4v) is 3.78. The summed E-state index contributed by atoms with van der Waals surface area (Å²) < 4.78 is 7.46. The molecule has 2 fully saturated rings. The minimum atomic E-state index is -0.226. The Morgan fingerprint density at radius 3 is 3.20 bits per heavy atom. The highest BCUT2D eigenvalue weighted by atomic mass is 16.5. The summed E-state index contributed by atoms with van der Waals surface area (Å²) in [7, 11) is 0. The van der Waals surface area contributed by atoms with Gasteiger partial charge in [0, 0.05) is 25.2 Å². The maximum absolute atomic E-state index is 11.7. The molecule has 4 rings (SSSR count). The summed E-state index contributed by atoms with van der Waals surface area (Å²) in [6, 6.07) is 0.137. The van der Waals surface area contributed by atoms with E-state index in [1.165, 1.54) is 6.33 Å². The van der Waals surface area contributed by atoms with E-state index in [0.717, 1.165) is 13.0 Å². The number of aliphatic hydroxyl groups excluding tert-OH is 1. The minimum absolute atomic E-state index is 0.123. The average molecular weight is 276 g/mol. The maximum Gasteiger partial charge on any atom is 0.278 e. The number of H-pyrrole nitrogens is 1. The van der Waals surface area contributed by atoms with Gasteiger partial charge in [0.1, 0.15) is 0 Å². The van der Waals surface area contributed by atoms with E-state index in [4.69, 9.17) is 4.74 Å². The zero-order chi connectivity index (χ0) is 13.7. The Balaban J connectivity index is 1.79. The molecule has 0 bridgehead atoms. The summed E-state index contributed by atoms with van der Waals surface area (Å²) in [5.74, 6) is 1.02. The van der Waals surface area contributed by atoms with Crippen LogP contribution in [0.3, 0.4) is 0 Å². The first-order valence-electron chi connectivity index (χ1n) is 6.88. The molecule has 2 aromatic heterocycles. The van der Waals surface area contributed by atoms with Crippen molar-refractivity contribution in [2.24, 2.45) is 17.8 Å². The van der Waals surface area contributed by atoms with Gasteiger partial charge in [0.05, 0.1) is 19.3 Å². The van der Waals surface area contributed by atoms with Crippen LogP contribution in [0.25, 0.3) is 11.2 Å². The lowest BCUT2D eigenvalue weighted by atomic mass is 9.92. The Kier molecular flexibility index (Phi) is 2.64. The molecule has 2 aromatic rings. The Morgan fingerprint density at radius 1 is 1.45 bits per heavy atom. The van der Waals surface area contributed by atoms with E-state index >= 15 is 0 Å². The van der Waals surface area contributed by atoms with Crippen LogP contribution in [0.15, 0.2) is 17.4 Å². The normalized spacial score (nSPS) is 32.9. The van der Waals surface area contributed by atoms with Gasteiger partial charge in [-0.3, -0.25) is 4.79 Å². The maximum atomic E-state index is 11.7. The van der Waals surface area contributed by atoms with Crippen molar-refractivity contribution in [1.29, 1.82) is 0 Å². The van der Waals surface area contributed by atoms with Crippen LogP contribution in [0.1, 0.15) is 12.5 Å². The molecule has 4 atom stereocenters. The van der Waals surface area contributed by atoms with Crippen LogP contribution < -0.4 is 5.56 Å². The first-order valence-corrected chi connectivity index (χ1v) is 6.88. The molecule has 7 heteroatoms. The number of imidazole rings is 1. The van der Waals surface area contributed by atoms with Crippen LogP contribution in [0.4, 0.5) is 0 Å². The van der Waals surface area contributed by atoms with Crippen molar-refractivity contribution in [3.05, 3.63) is 23.0 Å². The third-order valence-corrected chi connectivity index (χ3v) is 4.77. The van der Waals surface area contributed by atoms with Gasteiger partial charge in [-0.15, -0.1) is 0 Å². The number of hydrogen-bond acceptors (Lipinski definition) is 5. The van der Waals surface area contributed by atoms with Gasteiger partial charge in [0.25, 0.3) is 5.56 Å². The summed E-state index contributed by atoms with van der Waals surface area (Å²) >= 11 is 0. The second kappa shape index (κ2) is 4.39. The lowest BCUT2D eigenvalue weighted by molar-refractivity contribution is 0.118. The number of nitrogens with one attached hydrogen (secondary N) is 1. The molecular formula is C13H16N4O3. The van der Waals surface area contributed by atoms with Crippen LogP contribution in [0, 0.1) is 17.8 Å². The summed E-state index contributed by atoms with van der Waals surface area (Å²) in [5.41, 5.74) is 0.728. The van der Waals surface area contributed by atoms with Gasteiger partial charge >= 0.3 is 0 Å². The molecule has 1 saturated heterocycles. The second-order valence-corrected chi connectivity index (χ2v) is 5.67. The van der Waals surface area contributed by atoms with Crippen molar-refractivity contribution in [2.75, 3.05) is 19.8 Å². The molecule has 2 N–H and O–H groups in total. The topological polar surface area (TPSA) is 93.0 Å². The average Bonchev–Trinajstić information content (AvgIpc) is 3.11. The number of aromatic amines is 1. The van der Waals surface area contributed by atoms with Crippen molar-refractivity contribution >= 4 is 11.2 Å². The van der Waals surface area contributed by atoms with E-state index in [2.05, 4.69) is 15.0 Å². The number of aromatic nitrogens is 4. The van der Waals surface area contributed by atoms with Crippen molar-refractivity contribution in [2.45, 2.75) is 12.5 Å². The first kappa shape index (κ1) is 12.0. The highest BCUT2D eigenvalue weighted by molar-refractivity contribution is 5.68. The van der Waals surface area contributed by atoms with Gasteiger partial charge in [-0.05, 0) is 18.3 Å². The molecule has 1 aliphatic carbocycles. The molecule has 20 heavy (non-hydrogen) atoms. The van der Waals surface area contributed by atoms with Crippen LogP contribution in [-0.2, 0) is 4.74 Å². The number of ether oxygens (including phenoxy) is 1. The van der Waals surface area contributed by atoms with Crippen molar-refractivity contribution in [3.8, 4) is 0 Å². The second-order valence-electron chi connectivity index (χ2n) is 5.67. The Bertz CT molecular complexity index is 694. The monoisotopic (exact) mass is 276 g/mol. The largest absolute Gasteiger partial charge is 0.396 e. The smallest absolute Gasteiger partial charge is 0.278 e. The standard InChI is InChI=1S/C13H16N4O3/c18-2-8-9-4-20-3-7(9)1-10(8)17-6-16-11-12(17)14-5-15-13(11)19/h5-10,18H,1-4H2,(H,14,15,19)/t7-,8-,9+,10-/m0/s1. The van der Waals surface area contributed by atoms with Crippen LogP contribution in [0.2, 0.25) is 0 Å². The summed E-state index contributed by atoms with van der Waals surface area (Å²) in [4.78, 5) is 22.7. The third kappa shape index (κ3) is 1.56. The molecule has 0 unspecified atom stereocenters. The van der Waals surface area contributed by atoms with Crippen molar-refractivity contribution in [3.63, 3.8) is 0 Å². The zero-order valence-corrected chi connectivity index (χ0v) is 10.9. The van der Waals surface area contributed by atoms with Gasteiger partial charge in [-0.1, -0.05) is 0 Å². The van der Waals surface area contributed by atoms with E-state index in [0.29, 0.717) is 29.6 Å². The lowest BCUT2D eigenvalue weighted by Gasteiger charge is -2.22. The van der Waals surface area contributed by atoms with E-state index in [-0.39, 0.29) is 24.1 Å². The molecule has 1 saturated carbocycles. The number of aliphatic hydroxyl groups is 1. The van der Waals surface area contributed by atoms with E-state index in [1.807, 2.05) is 4.57 Å². The number of fused-ring (bicyclic) bond motifs is 2. The summed E-state index contributed by atoms with van der Waals surface area (Å²) in [5, 5.41) is 9.73. The minimum Gasteiger partial charge on any atom is -0.396 e. The fraction of sp³-hybridized carbons (Fsp3) is 0.615. The van der Waals surface area contributed by atoms with Crippen molar-refractivity contribution in [1.82, 2.24) is 19.5 Å². The molecular weight excluding hydrogens is 260 g/mol. The van der Waals surface area contributed by atoms with E-state index in [9.17, 15) is 9.90 Å². The van der Waals surface area contributed by atoms with Crippen LogP contribution in [0.5, 0.6) is 0 Å². The highest BCUT2D eigenvalue weighted by Crippen LogP contribution is 2.47. The molecule has 7 nitrogen and oxygen atoms in total. The molecule has 106 valence electrons. The molecule has 3 heterocycles. The van der Waals surface area contributed by atoms with Gasteiger partial charge < -0.3 is 19.4 Å². The molecule has 0 amide bonds. The molecule has 0 spiro atoms. The quantitative estimate of drug-likeness (QED) is 0.801. The predicted octanol–water partition coefficient (Wildman–Crippen LogP) is -0.0645. The number of nitrogens with zero attached hydrogens (tertiary/aromatic N) is 3. The zero-order valence-electron chi connectivity index (χ0n) is 10.9. The highest BCUT2D eigenvalue weighted by Gasteiger charge is 2.47. The fourth-order valence-electron chi connectivity index (χ4n) is 3.78. The van der Waals surface area contributed by atoms with Gasteiger partial charge in [0.15, 0.2) is 11.2 Å². The van der Waals surface area contributed by atoms with Crippen molar-refractivity contribution < 1.29 is 9.84 Å². The van der Waals surface area contributed by atoms with Gasteiger partial charge in [0.2, 0.25) is 0 Å². The Hall–Kier alpha value is -1.73. The molecule has 0 aromatic carbocycles. The van der Waals surface area contributed by atoms with E-state index in [1.54, 1.807) is 6.33 Å². The Labute approximate surface area is 114 Å². The summed E-state index contributed by atoms with van der Waals surface area (Å²) in [6.45, 7) is 1.60. The predicted molar refractivity (Wildman–Crippen MR) is 70.2 cm³/mol. The van der Waals surface area contributed by atoms with Crippen LogP contribution in [-0.4, -0.2) is 44.4 Å². The first-order chi connectivity index (χ1) is 9.79. The third-order valence-electron chi connectivity index (χ3n) is 4.77. The van der Waals surface area contributed by atoms with Crippen LogP contribution >= 0.6 is 0 Å². The Morgan fingerprint density at radius 2 is 2.35 bits per heavy atom. The lowest BCUT2D eigenvalue weighted by Crippen LogP contribution is -2.24. The van der Waals surface area contributed by atoms with E-state index < -0.39 is 0 Å². The SMILES string of the molecule is O=c1[nH]cnc2c1ncn2[C@H]1C[C@H]2COC[C@H]2[C@@H]1CO. The van der Waals surface area contributed by atoms with Gasteiger partial charge in [-0.2, -0.15) is 0 Å². The summed E-state index contributed by atoms with van der Waals surface area (Å²) in [6.07, 6.45) is 4.01. The van der Waals surface area contributed by atoms with Gasteiger partial charge in [-0.25, -0.2) is 9.97 Å². The molecule has 0 radical (unpaired) electrons.